The Labute approximate surface area is 139 Å². The normalized spacial score (nSPS) is 11.3. The van der Waals surface area contributed by atoms with E-state index in [1.165, 1.54) is 0 Å². The van der Waals surface area contributed by atoms with Crippen LogP contribution in [0.25, 0.3) is 28.1 Å². The Bertz CT molecular complexity index is 1070. The van der Waals surface area contributed by atoms with Crippen molar-refractivity contribution >= 4 is 33.9 Å². The molecule has 0 N–H and O–H groups in total. The van der Waals surface area contributed by atoms with Crippen LogP contribution in [0.1, 0.15) is 15.9 Å². The molecule has 0 unspecified atom stereocenters. The average molecular weight is 310 g/mol. The maximum atomic E-state index is 12.6. The average Bonchev–Trinajstić information content (AvgIpc) is 2.64. The topological polar surface area (TPSA) is 42.9 Å². The lowest BCUT2D eigenvalue weighted by Gasteiger charge is -2.04. The molecule has 1 heterocycles. The lowest BCUT2D eigenvalue weighted by molar-refractivity contribution is 0.104. The molecule has 0 fully saturated rings. The first kappa shape index (κ1) is 14.3. The molecule has 0 aliphatic carbocycles. The molecule has 0 radical (unpaired) electrons. The van der Waals surface area contributed by atoms with E-state index >= 15 is 0 Å². The van der Waals surface area contributed by atoms with E-state index in [1.807, 2.05) is 72.8 Å². The molecule has 3 aromatic carbocycles. The number of hydrogen-bond acceptors (Lipinski definition) is 3. The van der Waals surface area contributed by atoms with Crippen molar-refractivity contribution in [3.05, 3.63) is 90.0 Å². The number of carbonyl (C=O) groups is 1. The van der Waals surface area contributed by atoms with E-state index in [1.54, 1.807) is 12.1 Å². The zero-order valence-corrected chi connectivity index (χ0v) is 12.9. The molecule has 0 aliphatic rings. The van der Waals surface area contributed by atoms with Crippen LogP contribution in [0.5, 0.6) is 0 Å². The lowest BCUT2D eigenvalue weighted by atomic mass is 10.1. The third-order valence-electron chi connectivity index (χ3n) is 3.86. The first-order chi connectivity index (χ1) is 11.8. The number of allylic oxidation sites excluding steroid dienone is 1. The zero-order chi connectivity index (χ0) is 16.4. The van der Waals surface area contributed by atoms with Crippen LogP contribution < -0.4 is 0 Å². The zero-order valence-electron chi connectivity index (χ0n) is 12.9. The maximum Gasteiger partial charge on any atom is 0.188 e. The Morgan fingerprint density at radius 1 is 0.708 bits per heavy atom. The van der Waals surface area contributed by atoms with Gasteiger partial charge in [-0.25, -0.2) is 9.97 Å². The van der Waals surface area contributed by atoms with E-state index in [4.69, 9.17) is 0 Å². The molecular formula is C21H14N2O. The Hall–Kier alpha value is -3.33. The molecule has 24 heavy (non-hydrogen) atoms. The van der Waals surface area contributed by atoms with E-state index in [9.17, 15) is 4.79 Å². The highest BCUT2D eigenvalue weighted by atomic mass is 16.1. The fourth-order valence-corrected chi connectivity index (χ4v) is 2.67. The molecule has 0 saturated carbocycles. The Kier molecular flexibility index (Phi) is 3.60. The van der Waals surface area contributed by atoms with E-state index < -0.39 is 0 Å². The number of aromatic nitrogens is 2. The smallest absolute Gasteiger partial charge is 0.188 e. The number of hydrogen-bond donors (Lipinski definition) is 0. The number of nitrogens with zero attached hydrogens (tertiary/aromatic N) is 2. The summed E-state index contributed by atoms with van der Waals surface area (Å²) < 4.78 is 0. The van der Waals surface area contributed by atoms with Crippen LogP contribution in [0.3, 0.4) is 0 Å². The predicted octanol–water partition coefficient (Wildman–Crippen LogP) is 4.68. The van der Waals surface area contributed by atoms with Crippen LogP contribution in [0.2, 0.25) is 0 Å². The highest BCUT2D eigenvalue weighted by Gasteiger charge is 2.10. The molecule has 0 amide bonds. The van der Waals surface area contributed by atoms with Crippen molar-refractivity contribution in [1.82, 2.24) is 9.97 Å². The quantitative estimate of drug-likeness (QED) is 0.313. The standard InChI is InChI=1S/C21H14N2O/c24-20(14-13-15-7-2-1-3-8-15)16-9-6-12-19-21(16)23-18-11-5-4-10-17(18)22-19/h1-14H. The molecule has 4 aromatic rings. The van der Waals surface area contributed by atoms with Crippen molar-refractivity contribution in [3.8, 4) is 0 Å². The molecule has 0 atom stereocenters. The van der Waals surface area contributed by atoms with Gasteiger partial charge in [-0.1, -0.05) is 54.6 Å². The van der Waals surface area contributed by atoms with Gasteiger partial charge in [0.2, 0.25) is 0 Å². The fourth-order valence-electron chi connectivity index (χ4n) is 2.67. The predicted molar refractivity (Wildman–Crippen MR) is 96.9 cm³/mol. The Balaban J connectivity index is 1.79. The van der Waals surface area contributed by atoms with Crippen LogP contribution >= 0.6 is 0 Å². The van der Waals surface area contributed by atoms with Gasteiger partial charge in [-0.05, 0) is 35.9 Å². The summed E-state index contributed by atoms with van der Waals surface area (Å²) in [5, 5.41) is 0. The number of para-hydroxylation sites is 3. The molecule has 0 spiro atoms. The van der Waals surface area contributed by atoms with Crippen molar-refractivity contribution in [2.24, 2.45) is 0 Å². The SMILES string of the molecule is O=C(C=Cc1ccccc1)c1cccc2nc3ccccc3nc12. The first-order valence-corrected chi connectivity index (χ1v) is 7.74. The number of rotatable bonds is 3. The number of fused-ring (bicyclic) bond motifs is 2. The van der Waals surface area contributed by atoms with Crippen LogP contribution in [0.4, 0.5) is 0 Å². The summed E-state index contributed by atoms with van der Waals surface area (Å²) in [6.07, 6.45) is 3.40. The van der Waals surface area contributed by atoms with Crippen LogP contribution in [-0.2, 0) is 0 Å². The maximum absolute atomic E-state index is 12.6. The van der Waals surface area contributed by atoms with Gasteiger partial charge in [0.05, 0.1) is 16.6 Å². The van der Waals surface area contributed by atoms with Crippen molar-refractivity contribution in [3.63, 3.8) is 0 Å². The van der Waals surface area contributed by atoms with Crippen LogP contribution in [0.15, 0.2) is 78.9 Å². The molecule has 0 bridgehead atoms. The third-order valence-corrected chi connectivity index (χ3v) is 3.86. The number of carbonyl (C=O) groups excluding carboxylic acids is 1. The van der Waals surface area contributed by atoms with E-state index in [0.29, 0.717) is 11.1 Å². The number of benzene rings is 3. The van der Waals surface area contributed by atoms with Crippen molar-refractivity contribution in [1.29, 1.82) is 0 Å². The van der Waals surface area contributed by atoms with Crippen molar-refractivity contribution in [2.75, 3.05) is 0 Å². The minimum atomic E-state index is -0.0750. The van der Waals surface area contributed by atoms with Gasteiger partial charge in [0, 0.05) is 5.56 Å². The molecule has 0 saturated heterocycles. The second-order valence-electron chi connectivity index (χ2n) is 5.49. The lowest BCUT2D eigenvalue weighted by Crippen LogP contribution is -1.99. The van der Waals surface area contributed by atoms with Crippen LogP contribution in [-0.4, -0.2) is 15.8 Å². The minimum absolute atomic E-state index is 0.0750. The summed E-state index contributed by atoms with van der Waals surface area (Å²) in [6, 6.07) is 23.0. The second-order valence-corrected chi connectivity index (χ2v) is 5.49. The molecule has 3 nitrogen and oxygen atoms in total. The summed E-state index contributed by atoms with van der Waals surface area (Å²) >= 11 is 0. The largest absolute Gasteiger partial charge is 0.289 e. The van der Waals surface area contributed by atoms with Gasteiger partial charge in [0.15, 0.2) is 5.78 Å². The molecule has 4 rings (SSSR count). The molecule has 0 aliphatic heterocycles. The van der Waals surface area contributed by atoms with Crippen molar-refractivity contribution in [2.45, 2.75) is 0 Å². The Morgan fingerprint density at radius 2 is 1.38 bits per heavy atom. The van der Waals surface area contributed by atoms with Gasteiger partial charge in [-0.2, -0.15) is 0 Å². The summed E-state index contributed by atoms with van der Waals surface area (Å²) in [5.41, 5.74) is 4.54. The van der Waals surface area contributed by atoms with Gasteiger partial charge in [0.25, 0.3) is 0 Å². The van der Waals surface area contributed by atoms with Gasteiger partial charge >= 0.3 is 0 Å². The molecular weight excluding hydrogens is 296 g/mol. The second kappa shape index (κ2) is 6.05. The van der Waals surface area contributed by atoms with E-state index in [0.717, 1.165) is 22.1 Å². The molecule has 114 valence electrons. The van der Waals surface area contributed by atoms with Gasteiger partial charge < -0.3 is 0 Å². The molecule has 3 heteroatoms. The third kappa shape index (κ3) is 2.68. The van der Waals surface area contributed by atoms with Gasteiger partial charge in [0.1, 0.15) is 5.52 Å². The van der Waals surface area contributed by atoms with Gasteiger partial charge in [-0.15, -0.1) is 0 Å². The number of ketones is 1. The highest BCUT2D eigenvalue weighted by molar-refractivity contribution is 6.14. The summed E-state index contributed by atoms with van der Waals surface area (Å²) in [7, 11) is 0. The Morgan fingerprint density at radius 3 is 2.17 bits per heavy atom. The first-order valence-electron chi connectivity index (χ1n) is 7.74. The van der Waals surface area contributed by atoms with Crippen LogP contribution in [0, 0.1) is 0 Å². The summed E-state index contributed by atoms with van der Waals surface area (Å²) in [5.74, 6) is -0.0750. The monoisotopic (exact) mass is 310 g/mol. The van der Waals surface area contributed by atoms with E-state index in [-0.39, 0.29) is 5.78 Å². The van der Waals surface area contributed by atoms with Gasteiger partial charge in [-0.3, -0.25) is 4.79 Å². The fraction of sp³-hybridized carbons (Fsp3) is 0. The molecule has 1 aromatic heterocycles. The highest BCUT2D eigenvalue weighted by Crippen LogP contribution is 2.20. The van der Waals surface area contributed by atoms with E-state index in [2.05, 4.69) is 9.97 Å². The van der Waals surface area contributed by atoms with Crippen molar-refractivity contribution < 1.29 is 4.79 Å². The summed E-state index contributed by atoms with van der Waals surface area (Å²) in [6.45, 7) is 0. The summed E-state index contributed by atoms with van der Waals surface area (Å²) in [4.78, 5) is 21.9. The minimum Gasteiger partial charge on any atom is -0.289 e.